The number of benzene rings is 1. The number of aliphatic imine (C=N–C) groups is 1. The van der Waals surface area contributed by atoms with E-state index in [9.17, 15) is 0 Å². The van der Waals surface area contributed by atoms with E-state index in [1.165, 1.54) is 18.7 Å². The van der Waals surface area contributed by atoms with E-state index < -0.39 is 0 Å². The molecule has 0 atom stereocenters. The number of anilines is 1. The number of piperazine rings is 1. The molecule has 6 nitrogen and oxygen atoms in total. The van der Waals surface area contributed by atoms with E-state index in [0.717, 1.165) is 57.3 Å². The molecule has 3 rings (SSSR count). The maximum atomic E-state index is 4.62. The van der Waals surface area contributed by atoms with Gasteiger partial charge in [0.2, 0.25) is 0 Å². The minimum atomic E-state index is 0.599. The van der Waals surface area contributed by atoms with E-state index in [1.807, 2.05) is 24.4 Å². The third kappa shape index (κ3) is 7.38. The maximum Gasteiger partial charge on any atom is 0.191 e. The highest BCUT2D eigenvalue weighted by Crippen LogP contribution is 2.15. The van der Waals surface area contributed by atoms with Crippen molar-refractivity contribution in [1.82, 2.24) is 20.5 Å². The summed E-state index contributed by atoms with van der Waals surface area (Å²) in [4.78, 5) is 14.0. The topological polar surface area (TPSA) is 55.8 Å². The second-order valence-electron chi connectivity index (χ2n) is 7.31. The van der Waals surface area contributed by atoms with Crippen LogP contribution in [0.4, 0.5) is 5.69 Å². The van der Waals surface area contributed by atoms with Gasteiger partial charge in [-0.3, -0.25) is 9.88 Å². The van der Waals surface area contributed by atoms with Crippen LogP contribution >= 0.6 is 0 Å². The van der Waals surface area contributed by atoms with Gasteiger partial charge >= 0.3 is 0 Å². The fourth-order valence-electron chi connectivity index (χ4n) is 3.53. The van der Waals surface area contributed by atoms with Crippen molar-refractivity contribution < 1.29 is 0 Å². The first-order valence-electron chi connectivity index (χ1n) is 10.8. The molecule has 156 valence electrons. The number of guanidine groups is 1. The van der Waals surface area contributed by atoms with Gasteiger partial charge in [-0.2, -0.15) is 0 Å². The van der Waals surface area contributed by atoms with Gasteiger partial charge in [0.1, 0.15) is 0 Å². The summed E-state index contributed by atoms with van der Waals surface area (Å²) in [7, 11) is 0. The molecule has 6 heteroatoms. The van der Waals surface area contributed by atoms with Gasteiger partial charge in [-0.1, -0.05) is 24.3 Å². The molecular formula is C23H34N6. The minimum Gasteiger partial charge on any atom is -0.369 e. The standard InChI is InChI=1S/C23H34N6/c1-2-24-23(27-20-21-10-6-7-13-25-21)26-14-8-9-15-28-16-18-29(19-17-28)22-11-4-3-5-12-22/h3-7,10-13H,2,8-9,14-20H2,1H3,(H2,24,26,27). The molecule has 2 heterocycles. The normalized spacial score (nSPS) is 15.3. The van der Waals surface area contributed by atoms with Crippen LogP contribution in [0.15, 0.2) is 59.7 Å². The highest BCUT2D eigenvalue weighted by molar-refractivity contribution is 5.79. The summed E-state index contributed by atoms with van der Waals surface area (Å²) < 4.78 is 0. The zero-order chi connectivity index (χ0) is 20.2. The molecule has 0 saturated carbocycles. The summed E-state index contributed by atoms with van der Waals surface area (Å²) in [6.07, 6.45) is 4.16. The fraction of sp³-hybridized carbons (Fsp3) is 0.478. The van der Waals surface area contributed by atoms with Crippen molar-refractivity contribution in [3.05, 3.63) is 60.4 Å². The molecule has 1 saturated heterocycles. The van der Waals surface area contributed by atoms with Gasteiger partial charge in [-0.15, -0.1) is 0 Å². The first-order chi connectivity index (χ1) is 14.3. The van der Waals surface area contributed by atoms with Gasteiger partial charge in [-0.05, 0) is 50.6 Å². The molecule has 1 aliphatic heterocycles. The van der Waals surface area contributed by atoms with Crippen molar-refractivity contribution >= 4 is 11.6 Å². The van der Waals surface area contributed by atoms with Gasteiger partial charge in [-0.25, -0.2) is 4.99 Å². The van der Waals surface area contributed by atoms with E-state index in [1.54, 1.807) is 0 Å². The molecule has 0 unspecified atom stereocenters. The van der Waals surface area contributed by atoms with Crippen LogP contribution in [-0.2, 0) is 6.54 Å². The summed E-state index contributed by atoms with van der Waals surface area (Å²) in [5.74, 6) is 0.870. The number of rotatable bonds is 9. The molecular weight excluding hydrogens is 360 g/mol. The molecule has 1 aliphatic rings. The Labute approximate surface area is 175 Å². The number of nitrogens with one attached hydrogen (secondary N) is 2. The van der Waals surface area contributed by atoms with E-state index >= 15 is 0 Å². The molecule has 0 aliphatic carbocycles. The van der Waals surface area contributed by atoms with E-state index in [2.05, 4.69) is 67.7 Å². The number of hydrogen-bond donors (Lipinski definition) is 2. The van der Waals surface area contributed by atoms with Crippen molar-refractivity contribution in [3.8, 4) is 0 Å². The molecule has 0 amide bonds. The third-order valence-corrected chi connectivity index (χ3v) is 5.16. The maximum absolute atomic E-state index is 4.62. The first kappa shape index (κ1) is 21.1. The minimum absolute atomic E-state index is 0.599. The predicted molar refractivity (Wildman–Crippen MR) is 121 cm³/mol. The highest BCUT2D eigenvalue weighted by atomic mass is 15.3. The van der Waals surface area contributed by atoms with Gasteiger partial charge in [0.05, 0.1) is 12.2 Å². The van der Waals surface area contributed by atoms with Crippen LogP contribution in [0.5, 0.6) is 0 Å². The lowest BCUT2D eigenvalue weighted by Crippen LogP contribution is -2.46. The van der Waals surface area contributed by atoms with E-state index in [4.69, 9.17) is 0 Å². The second kappa shape index (κ2) is 12.1. The average Bonchev–Trinajstić information content (AvgIpc) is 2.79. The number of pyridine rings is 1. The highest BCUT2D eigenvalue weighted by Gasteiger charge is 2.16. The lowest BCUT2D eigenvalue weighted by Gasteiger charge is -2.36. The van der Waals surface area contributed by atoms with Crippen LogP contribution in [-0.4, -0.2) is 61.7 Å². The van der Waals surface area contributed by atoms with Crippen LogP contribution < -0.4 is 15.5 Å². The predicted octanol–water partition coefficient (Wildman–Crippen LogP) is 2.74. The Morgan fingerprint density at radius 3 is 2.48 bits per heavy atom. The van der Waals surface area contributed by atoms with Crippen molar-refractivity contribution in [2.75, 3.05) is 50.7 Å². The summed E-state index contributed by atoms with van der Waals surface area (Å²) in [5.41, 5.74) is 2.33. The van der Waals surface area contributed by atoms with Crippen LogP contribution in [0, 0.1) is 0 Å². The lowest BCUT2D eigenvalue weighted by molar-refractivity contribution is 0.253. The third-order valence-electron chi connectivity index (χ3n) is 5.16. The average molecular weight is 395 g/mol. The number of hydrogen-bond acceptors (Lipinski definition) is 4. The summed E-state index contributed by atoms with van der Waals surface area (Å²) in [5, 5.41) is 6.75. The number of para-hydroxylation sites is 1. The van der Waals surface area contributed by atoms with Crippen molar-refractivity contribution in [2.24, 2.45) is 4.99 Å². The number of nitrogens with zero attached hydrogens (tertiary/aromatic N) is 4. The molecule has 0 spiro atoms. The van der Waals surface area contributed by atoms with Crippen molar-refractivity contribution in [1.29, 1.82) is 0 Å². The zero-order valence-corrected chi connectivity index (χ0v) is 17.6. The Hall–Kier alpha value is -2.60. The SMILES string of the molecule is CCNC(=NCc1ccccn1)NCCCCN1CCN(c2ccccc2)CC1. The van der Waals surface area contributed by atoms with Crippen LogP contribution in [0.25, 0.3) is 0 Å². The van der Waals surface area contributed by atoms with Gasteiger partial charge in [0.25, 0.3) is 0 Å². The molecule has 1 fully saturated rings. The zero-order valence-electron chi connectivity index (χ0n) is 17.6. The Balaban J connectivity index is 1.30. The second-order valence-corrected chi connectivity index (χ2v) is 7.31. The van der Waals surface area contributed by atoms with Crippen molar-refractivity contribution in [2.45, 2.75) is 26.3 Å². The first-order valence-corrected chi connectivity index (χ1v) is 10.8. The Morgan fingerprint density at radius 1 is 0.966 bits per heavy atom. The van der Waals surface area contributed by atoms with Crippen LogP contribution in [0.2, 0.25) is 0 Å². The van der Waals surface area contributed by atoms with Crippen LogP contribution in [0.1, 0.15) is 25.5 Å². The molecule has 0 bridgehead atoms. The molecule has 0 radical (unpaired) electrons. The summed E-state index contributed by atoms with van der Waals surface area (Å²) in [6.45, 7) is 10.2. The fourth-order valence-corrected chi connectivity index (χ4v) is 3.53. The summed E-state index contributed by atoms with van der Waals surface area (Å²) >= 11 is 0. The monoisotopic (exact) mass is 394 g/mol. The molecule has 29 heavy (non-hydrogen) atoms. The van der Waals surface area contributed by atoms with Crippen LogP contribution in [0.3, 0.4) is 0 Å². The summed E-state index contributed by atoms with van der Waals surface area (Å²) in [6, 6.07) is 16.7. The largest absolute Gasteiger partial charge is 0.369 e. The van der Waals surface area contributed by atoms with Gasteiger partial charge in [0.15, 0.2) is 5.96 Å². The molecule has 2 N–H and O–H groups in total. The van der Waals surface area contributed by atoms with Crippen molar-refractivity contribution in [3.63, 3.8) is 0 Å². The molecule has 1 aromatic heterocycles. The molecule has 1 aromatic carbocycles. The van der Waals surface area contributed by atoms with E-state index in [0.29, 0.717) is 6.54 Å². The van der Waals surface area contributed by atoms with E-state index in [-0.39, 0.29) is 0 Å². The van der Waals surface area contributed by atoms with Gasteiger partial charge in [0, 0.05) is 51.2 Å². The quantitative estimate of drug-likeness (QED) is 0.389. The number of aromatic nitrogens is 1. The Morgan fingerprint density at radius 2 is 1.76 bits per heavy atom. The Kier molecular flexibility index (Phi) is 8.79. The number of unbranched alkanes of at least 4 members (excludes halogenated alkanes) is 1. The smallest absolute Gasteiger partial charge is 0.191 e. The van der Waals surface area contributed by atoms with Gasteiger partial charge < -0.3 is 15.5 Å². The molecule has 2 aromatic rings. The lowest BCUT2D eigenvalue weighted by atomic mass is 10.2. The Bertz CT molecular complexity index is 711.